The van der Waals surface area contributed by atoms with Crippen molar-refractivity contribution in [3.8, 4) is 0 Å². The predicted molar refractivity (Wildman–Crippen MR) is 170 cm³/mol. The van der Waals surface area contributed by atoms with Crippen molar-refractivity contribution in [2.75, 3.05) is 30.4 Å². The molecule has 1 fully saturated rings. The number of oxime groups is 1. The number of β-lactam (4-membered cyclic amide) rings is 1. The number of thioether (sulfide) groups is 2. The summed E-state index contributed by atoms with van der Waals surface area (Å²) in [7, 11) is 0. The number of esters is 1. The first-order chi connectivity index (χ1) is 22.8. The SMILES string of the molecule is NCCCn1nnnc1SCC1=C(C(=O)O)N2C(=O)C(NC(=O)C(=NOCCC(=O)OCc3ccccc3)c3nsc(N)n3)[C@@H]2SC1. The summed E-state index contributed by atoms with van der Waals surface area (Å²) in [5.41, 5.74) is 12.1. The minimum Gasteiger partial charge on any atom is -0.477 e. The first kappa shape index (κ1) is 33.8. The number of carboxylic acid groups (broad SMARTS) is 1. The summed E-state index contributed by atoms with van der Waals surface area (Å²) in [4.78, 5) is 61.3. The van der Waals surface area contributed by atoms with E-state index in [-0.39, 0.29) is 53.5 Å². The number of nitrogens with two attached hydrogens (primary N) is 2. The number of ether oxygens (including phenoxy) is 1. The highest BCUT2D eigenvalue weighted by atomic mass is 32.2. The van der Waals surface area contributed by atoms with Crippen molar-refractivity contribution in [1.29, 1.82) is 0 Å². The van der Waals surface area contributed by atoms with Crippen LogP contribution in [-0.2, 0) is 41.9 Å². The summed E-state index contributed by atoms with van der Waals surface area (Å²) in [5.74, 6) is -2.90. The Bertz CT molecular complexity index is 1680. The summed E-state index contributed by atoms with van der Waals surface area (Å²) >= 11 is 3.37. The minimum atomic E-state index is -1.27. The third kappa shape index (κ3) is 8.22. The Balaban J connectivity index is 1.20. The fourth-order valence-corrected chi connectivity index (χ4v) is 7.22. The quantitative estimate of drug-likeness (QED) is 0.0377. The van der Waals surface area contributed by atoms with Gasteiger partial charge >= 0.3 is 11.9 Å². The fraction of sp³-hybridized carbons (Fsp3) is 0.385. The van der Waals surface area contributed by atoms with Crippen molar-refractivity contribution >= 4 is 69.7 Å². The second-order valence-corrected chi connectivity index (χ2v) is 12.7. The van der Waals surface area contributed by atoms with Crippen molar-refractivity contribution in [2.45, 2.75) is 42.6 Å². The average molecular weight is 704 g/mol. The van der Waals surface area contributed by atoms with E-state index in [1.807, 2.05) is 30.3 Å². The summed E-state index contributed by atoms with van der Waals surface area (Å²) in [5, 5.41) is 27.9. The lowest BCUT2D eigenvalue weighted by molar-refractivity contribution is -0.150. The molecule has 5 rings (SSSR count). The maximum Gasteiger partial charge on any atom is 0.352 e. The van der Waals surface area contributed by atoms with E-state index in [0.717, 1.165) is 22.0 Å². The topological polar surface area (TPSA) is 256 Å². The van der Waals surface area contributed by atoms with Crippen LogP contribution in [0.2, 0.25) is 0 Å². The van der Waals surface area contributed by atoms with Crippen LogP contribution in [0.5, 0.6) is 0 Å². The van der Waals surface area contributed by atoms with Gasteiger partial charge in [0.2, 0.25) is 16.7 Å². The molecule has 2 aliphatic heterocycles. The smallest absolute Gasteiger partial charge is 0.352 e. The number of hydrogen-bond acceptors (Lipinski definition) is 17. The van der Waals surface area contributed by atoms with Crippen LogP contribution < -0.4 is 16.8 Å². The number of aryl methyl sites for hydroxylation is 1. The van der Waals surface area contributed by atoms with Crippen molar-refractivity contribution in [3.63, 3.8) is 0 Å². The molecule has 4 heterocycles. The second kappa shape index (κ2) is 15.8. The number of amides is 2. The van der Waals surface area contributed by atoms with Gasteiger partial charge in [-0.15, -0.1) is 16.9 Å². The zero-order valence-corrected chi connectivity index (χ0v) is 27.0. The number of carboxylic acids is 1. The van der Waals surface area contributed by atoms with Crippen LogP contribution in [0.15, 0.2) is 51.9 Å². The molecule has 2 amide bonds. The molecule has 18 nitrogen and oxygen atoms in total. The van der Waals surface area contributed by atoms with Crippen molar-refractivity contribution < 1.29 is 33.9 Å². The van der Waals surface area contributed by atoms with Crippen LogP contribution in [-0.4, -0.2) is 105 Å². The van der Waals surface area contributed by atoms with E-state index < -0.39 is 35.2 Å². The van der Waals surface area contributed by atoms with E-state index in [1.54, 1.807) is 4.68 Å². The summed E-state index contributed by atoms with van der Waals surface area (Å²) < 4.78 is 10.8. The minimum absolute atomic E-state index is 0.0637. The van der Waals surface area contributed by atoms with Crippen LogP contribution in [0.1, 0.15) is 24.2 Å². The molecule has 2 aromatic heterocycles. The maximum absolute atomic E-state index is 13.3. The number of anilines is 1. The number of aliphatic carboxylic acids is 1. The summed E-state index contributed by atoms with van der Waals surface area (Å²) in [6.07, 6.45) is 0.517. The number of fused-ring (bicyclic) bond motifs is 1. The second-order valence-electron chi connectivity index (χ2n) is 9.86. The van der Waals surface area contributed by atoms with Crippen molar-refractivity contribution in [2.24, 2.45) is 10.9 Å². The van der Waals surface area contributed by atoms with Gasteiger partial charge in [-0.1, -0.05) is 47.2 Å². The number of aromatic nitrogens is 6. The van der Waals surface area contributed by atoms with Gasteiger partial charge in [0.1, 0.15) is 30.3 Å². The molecule has 2 atom stereocenters. The Morgan fingerprint density at radius 3 is 2.77 bits per heavy atom. The molecule has 47 heavy (non-hydrogen) atoms. The number of nitrogens with zero attached hydrogens (tertiary/aromatic N) is 8. The molecule has 2 aliphatic rings. The maximum atomic E-state index is 13.3. The van der Waals surface area contributed by atoms with Gasteiger partial charge in [0.25, 0.3) is 11.8 Å². The van der Waals surface area contributed by atoms with Gasteiger partial charge in [-0.25, -0.2) is 9.48 Å². The zero-order chi connectivity index (χ0) is 33.3. The van der Waals surface area contributed by atoms with Gasteiger partial charge in [-0.05, 0) is 34.5 Å². The number of carbonyl (C=O) groups excluding carboxylic acids is 3. The van der Waals surface area contributed by atoms with E-state index >= 15 is 0 Å². The number of carbonyl (C=O) groups is 4. The van der Waals surface area contributed by atoms with E-state index in [9.17, 15) is 24.3 Å². The third-order valence-electron chi connectivity index (χ3n) is 6.65. The normalized spacial score (nSPS) is 17.6. The lowest BCUT2D eigenvalue weighted by Crippen LogP contribution is -2.71. The molecule has 0 bridgehead atoms. The molecule has 248 valence electrons. The molecule has 0 saturated carbocycles. The highest BCUT2D eigenvalue weighted by Gasteiger charge is 2.54. The van der Waals surface area contributed by atoms with Gasteiger partial charge in [0, 0.05) is 29.6 Å². The fourth-order valence-electron chi connectivity index (χ4n) is 4.40. The third-order valence-corrected chi connectivity index (χ3v) is 9.58. The Morgan fingerprint density at radius 1 is 1.23 bits per heavy atom. The van der Waals surface area contributed by atoms with E-state index in [1.165, 1.54) is 23.5 Å². The summed E-state index contributed by atoms with van der Waals surface area (Å²) in [6.45, 7) is 0.858. The predicted octanol–water partition coefficient (Wildman–Crippen LogP) is -0.159. The van der Waals surface area contributed by atoms with E-state index in [2.05, 4.69) is 35.4 Å². The number of tetrazole rings is 1. The highest BCUT2D eigenvalue weighted by molar-refractivity contribution is 8.01. The molecule has 0 spiro atoms. The number of rotatable bonds is 16. The first-order valence-electron chi connectivity index (χ1n) is 14.1. The van der Waals surface area contributed by atoms with Crippen molar-refractivity contribution in [3.05, 3.63) is 53.0 Å². The van der Waals surface area contributed by atoms with Gasteiger partial charge in [-0.3, -0.25) is 19.3 Å². The average Bonchev–Trinajstić information content (AvgIpc) is 3.72. The van der Waals surface area contributed by atoms with Crippen LogP contribution >= 0.6 is 35.1 Å². The van der Waals surface area contributed by atoms with Gasteiger partial charge in [0.05, 0.1) is 6.42 Å². The van der Waals surface area contributed by atoms with Gasteiger partial charge < -0.3 is 31.5 Å². The standard InChI is InChI=1S/C26H29N11O7S3/c27-8-4-9-36-26(31-34-35-36)46-13-15-12-45-23-18(22(40)37(23)19(15)24(41)42)29-21(39)17(20-30-25(28)47-33-20)32-44-10-7-16(38)43-11-14-5-2-1-3-6-14/h1-3,5-6,18,23H,4,7-13,27H2,(H,29,39)(H,41,42)(H2,28,30,33)/t18?,23-/m0/s1. The number of hydrogen-bond donors (Lipinski definition) is 4. The lowest BCUT2D eigenvalue weighted by Gasteiger charge is -2.49. The number of benzene rings is 1. The molecule has 1 saturated heterocycles. The van der Waals surface area contributed by atoms with E-state index in [4.69, 9.17) is 21.0 Å². The molecular weight excluding hydrogens is 675 g/mol. The zero-order valence-electron chi connectivity index (χ0n) is 24.6. The monoisotopic (exact) mass is 703 g/mol. The molecule has 21 heteroatoms. The van der Waals surface area contributed by atoms with Crippen LogP contribution in [0.4, 0.5) is 5.13 Å². The van der Waals surface area contributed by atoms with Gasteiger partial charge in [0.15, 0.2) is 5.13 Å². The van der Waals surface area contributed by atoms with Crippen LogP contribution in [0.25, 0.3) is 0 Å². The molecule has 0 aliphatic carbocycles. The van der Waals surface area contributed by atoms with Crippen LogP contribution in [0, 0.1) is 0 Å². The van der Waals surface area contributed by atoms with Crippen LogP contribution in [0.3, 0.4) is 0 Å². The highest BCUT2D eigenvalue weighted by Crippen LogP contribution is 2.41. The molecule has 1 aromatic carbocycles. The number of nitrogens with one attached hydrogen (secondary N) is 1. The first-order valence-corrected chi connectivity index (χ1v) is 16.9. The Labute approximate surface area is 279 Å². The molecule has 0 radical (unpaired) electrons. The lowest BCUT2D eigenvalue weighted by atomic mass is 10.0. The molecule has 6 N–H and O–H groups in total. The molecule has 3 aromatic rings. The van der Waals surface area contributed by atoms with Gasteiger partial charge in [-0.2, -0.15) is 9.36 Å². The Hall–Kier alpha value is -4.60. The molecular formula is C26H29N11O7S3. The van der Waals surface area contributed by atoms with Crippen molar-refractivity contribution in [1.82, 2.24) is 39.8 Å². The Morgan fingerprint density at radius 2 is 2.04 bits per heavy atom. The summed E-state index contributed by atoms with van der Waals surface area (Å²) in [6, 6.07) is 8.08. The number of nitrogen functional groups attached to an aromatic ring is 1. The van der Waals surface area contributed by atoms with E-state index in [0.29, 0.717) is 30.2 Å². The largest absolute Gasteiger partial charge is 0.477 e. The Kier molecular flexibility index (Phi) is 11.3. The molecule has 1 unspecified atom stereocenters.